The van der Waals surface area contributed by atoms with Gasteiger partial charge in [0.25, 0.3) is 0 Å². The number of amides is 1. The highest BCUT2D eigenvalue weighted by molar-refractivity contribution is 6.18. The van der Waals surface area contributed by atoms with Crippen molar-refractivity contribution < 1.29 is 19.1 Å². The molecule has 1 N–H and O–H groups in total. The maximum absolute atomic E-state index is 13.7. The van der Waals surface area contributed by atoms with Crippen molar-refractivity contribution in [3.8, 4) is 0 Å². The Kier molecular flexibility index (Phi) is 10.1. The summed E-state index contributed by atoms with van der Waals surface area (Å²) in [6.07, 6.45) is 8.50. The van der Waals surface area contributed by atoms with Crippen molar-refractivity contribution in [1.29, 1.82) is 0 Å². The van der Waals surface area contributed by atoms with Gasteiger partial charge in [-0.05, 0) is 91.7 Å². The van der Waals surface area contributed by atoms with Gasteiger partial charge in [-0.25, -0.2) is 4.79 Å². The van der Waals surface area contributed by atoms with E-state index in [4.69, 9.17) is 27.9 Å². The number of esters is 1. The molecule has 238 valence electrons. The van der Waals surface area contributed by atoms with E-state index in [-0.39, 0.29) is 34.7 Å². The number of anilines is 1. The fourth-order valence-electron chi connectivity index (χ4n) is 9.86. The van der Waals surface area contributed by atoms with E-state index in [9.17, 15) is 14.4 Å². The Morgan fingerprint density at radius 3 is 2.33 bits per heavy atom. The first-order valence-corrected chi connectivity index (χ1v) is 17.5. The van der Waals surface area contributed by atoms with E-state index in [0.717, 1.165) is 56.2 Å². The zero-order valence-corrected chi connectivity index (χ0v) is 27.9. The number of hydrogen-bond acceptors (Lipinski definition) is 5. The molecule has 0 spiro atoms. The summed E-state index contributed by atoms with van der Waals surface area (Å²) in [4.78, 5) is 40.5. The molecular formula is C35H50Cl2N2O4. The molecule has 0 unspecified atom stereocenters. The molecule has 4 aliphatic rings. The third-order valence-electron chi connectivity index (χ3n) is 12.1. The van der Waals surface area contributed by atoms with Crippen molar-refractivity contribution in [1.82, 2.24) is 5.32 Å². The van der Waals surface area contributed by atoms with Crippen LogP contribution in [0.15, 0.2) is 24.3 Å². The third kappa shape index (κ3) is 6.48. The van der Waals surface area contributed by atoms with Gasteiger partial charge in [0.15, 0.2) is 0 Å². The van der Waals surface area contributed by atoms with Crippen molar-refractivity contribution in [3.63, 3.8) is 0 Å². The lowest BCUT2D eigenvalue weighted by Crippen LogP contribution is -2.55. The van der Waals surface area contributed by atoms with Crippen LogP contribution in [0.25, 0.3) is 0 Å². The van der Waals surface area contributed by atoms with Crippen molar-refractivity contribution in [2.45, 2.75) is 97.6 Å². The molecule has 43 heavy (non-hydrogen) atoms. The number of rotatable bonds is 10. The highest BCUT2D eigenvalue weighted by Gasteiger charge is 2.61. The lowest BCUT2D eigenvalue weighted by molar-refractivity contribution is -0.168. The highest BCUT2D eigenvalue weighted by Crippen LogP contribution is 2.66. The number of hydrogen-bond donors (Lipinski definition) is 1. The summed E-state index contributed by atoms with van der Waals surface area (Å²) in [6.45, 7) is 9.81. The number of nitrogens with zero attached hydrogens (tertiary/aromatic N) is 1. The van der Waals surface area contributed by atoms with Crippen LogP contribution in [0.2, 0.25) is 0 Å². The van der Waals surface area contributed by atoms with Gasteiger partial charge in [0.05, 0.1) is 0 Å². The van der Waals surface area contributed by atoms with Crippen LogP contribution >= 0.6 is 23.2 Å². The summed E-state index contributed by atoms with van der Waals surface area (Å²) in [5.74, 6) is 3.40. The molecule has 0 aromatic heterocycles. The summed E-state index contributed by atoms with van der Waals surface area (Å²) in [5.41, 5.74) is 2.18. The predicted octanol–water partition coefficient (Wildman–Crippen LogP) is 6.79. The molecule has 0 heterocycles. The van der Waals surface area contributed by atoms with Crippen molar-refractivity contribution >= 4 is 46.5 Å². The Bertz CT molecular complexity index is 1170. The average molecular weight is 634 g/mol. The van der Waals surface area contributed by atoms with Crippen LogP contribution in [0, 0.1) is 40.4 Å². The normalized spacial score (nSPS) is 35.7. The minimum Gasteiger partial charge on any atom is -0.460 e. The molecule has 9 atom stereocenters. The summed E-state index contributed by atoms with van der Waals surface area (Å²) >= 11 is 12.0. The van der Waals surface area contributed by atoms with Gasteiger partial charge in [0, 0.05) is 61.6 Å². The molecule has 6 nitrogen and oxygen atoms in total. The number of carbonyl (C=O) groups excluding carboxylic acids is 3. The summed E-state index contributed by atoms with van der Waals surface area (Å²) in [5, 5.41) is 2.87. The zero-order chi connectivity index (χ0) is 30.9. The molecule has 4 aliphatic carbocycles. The minimum atomic E-state index is -0.736. The first-order valence-electron chi connectivity index (χ1n) is 16.5. The standard InChI is InChI=1S/C35H50Cl2N2O4/c1-22-21-35(4)25(20-31(22)41)7-10-27-28-11-12-32(34(28,3)14-13-29(27)35)43-33(42)30(38-23(2)40)19-24-5-8-26(9-6-24)39(17-15-36)18-16-37/h5-6,8-9,22,25,27-30,32H,7,10-21H2,1-4H3,(H,38,40)/t22-,25-,27+,28+,29+,30-,32-,34-,35-/m0/s1. The molecule has 1 aromatic rings. The summed E-state index contributed by atoms with van der Waals surface area (Å²) in [7, 11) is 0. The Balaban J connectivity index is 1.26. The molecule has 0 bridgehead atoms. The van der Waals surface area contributed by atoms with Gasteiger partial charge in [-0.1, -0.05) is 32.9 Å². The van der Waals surface area contributed by atoms with E-state index in [1.54, 1.807) is 0 Å². The Morgan fingerprint density at radius 2 is 1.67 bits per heavy atom. The van der Waals surface area contributed by atoms with Crippen molar-refractivity contribution in [2.24, 2.45) is 40.4 Å². The van der Waals surface area contributed by atoms with Crippen LogP contribution in [0.1, 0.15) is 84.6 Å². The number of ether oxygens (including phenoxy) is 1. The number of alkyl halides is 2. The SMILES string of the molecule is CC(=O)N[C@@H](Cc1ccc(N(CCCl)CCCl)cc1)C(=O)O[C@H]1CC[C@@H]2[C@H]3CC[C@H]4CC(=O)[C@@H](C)C[C@]4(C)[C@@H]3CC[C@]12C. The number of fused-ring (bicyclic) bond motifs is 5. The van der Waals surface area contributed by atoms with Crippen molar-refractivity contribution in [2.75, 3.05) is 29.7 Å². The molecule has 0 saturated heterocycles. The first kappa shape index (κ1) is 32.6. The van der Waals surface area contributed by atoms with Gasteiger partial charge in [-0.2, -0.15) is 0 Å². The minimum absolute atomic E-state index is 0.0488. The summed E-state index contributed by atoms with van der Waals surface area (Å²) < 4.78 is 6.35. The monoisotopic (exact) mass is 632 g/mol. The molecule has 1 aromatic carbocycles. The number of Topliss-reactive ketones (excluding diaryl/α,β-unsaturated/α-hetero) is 1. The molecule has 0 aliphatic heterocycles. The number of nitrogens with one attached hydrogen (secondary N) is 1. The van der Waals surface area contributed by atoms with E-state index in [1.165, 1.54) is 13.3 Å². The quantitative estimate of drug-likeness (QED) is 0.227. The lowest BCUT2D eigenvalue weighted by atomic mass is 9.44. The number of halogens is 2. The maximum atomic E-state index is 13.7. The Morgan fingerprint density at radius 1 is 1.00 bits per heavy atom. The average Bonchev–Trinajstić information content (AvgIpc) is 3.29. The van der Waals surface area contributed by atoms with Crippen LogP contribution in [-0.4, -0.2) is 54.7 Å². The largest absolute Gasteiger partial charge is 0.460 e. The molecule has 5 rings (SSSR count). The van der Waals surface area contributed by atoms with Crippen LogP contribution in [0.3, 0.4) is 0 Å². The lowest BCUT2D eigenvalue weighted by Gasteiger charge is -2.60. The summed E-state index contributed by atoms with van der Waals surface area (Å²) in [6, 6.07) is 7.29. The van der Waals surface area contributed by atoms with Gasteiger partial charge in [-0.3, -0.25) is 9.59 Å². The molecular weight excluding hydrogens is 583 g/mol. The Hall–Kier alpha value is -1.79. The number of benzene rings is 1. The topological polar surface area (TPSA) is 75.7 Å². The van der Waals surface area contributed by atoms with Gasteiger partial charge >= 0.3 is 5.97 Å². The zero-order valence-electron chi connectivity index (χ0n) is 26.4. The molecule has 4 fully saturated rings. The van der Waals surface area contributed by atoms with Crippen LogP contribution in [0.5, 0.6) is 0 Å². The van der Waals surface area contributed by atoms with E-state index < -0.39 is 6.04 Å². The van der Waals surface area contributed by atoms with Crippen LogP contribution < -0.4 is 10.2 Å². The van der Waals surface area contributed by atoms with Gasteiger partial charge in [0.1, 0.15) is 17.9 Å². The molecule has 0 radical (unpaired) electrons. The number of carbonyl (C=O) groups is 3. The van der Waals surface area contributed by atoms with Gasteiger partial charge in [0.2, 0.25) is 5.91 Å². The van der Waals surface area contributed by atoms with Crippen LogP contribution in [0.4, 0.5) is 5.69 Å². The molecule has 4 saturated carbocycles. The molecule has 1 amide bonds. The smallest absolute Gasteiger partial charge is 0.329 e. The highest BCUT2D eigenvalue weighted by atomic mass is 35.5. The number of ketones is 1. The third-order valence-corrected chi connectivity index (χ3v) is 12.4. The predicted molar refractivity (Wildman–Crippen MR) is 173 cm³/mol. The second-order valence-corrected chi connectivity index (χ2v) is 15.2. The van der Waals surface area contributed by atoms with E-state index in [2.05, 4.69) is 31.0 Å². The molecule has 8 heteroatoms. The van der Waals surface area contributed by atoms with E-state index in [1.807, 2.05) is 24.3 Å². The second kappa shape index (κ2) is 13.3. The second-order valence-electron chi connectivity index (χ2n) is 14.5. The van der Waals surface area contributed by atoms with E-state index >= 15 is 0 Å². The Labute approximate surface area is 268 Å². The van der Waals surface area contributed by atoms with Gasteiger partial charge in [-0.15, -0.1) is 23.2 Å². The first-order chi connectivity index (χ1) is 20.5. The van der Waals surface area contributed by atoms with E-state index in [0.29, 0.717) is 60.7 Å². The fraction of sp³-hybridized carbons (Fsp3) is 0.743. The maximum Gasteiger partial charge on any atom is 0.329 e. The van der Waals surface area contributed by atoms with Crippen molar-refractivity contribution in [3.05, 3.63) is 29.8 Å². The van der Waals surface area contributed by atoms with Gasteiger partial charge < -0.3 is 15.0 Å². The fourth-order valence-corrected chi connectivity index (χ4v) is 10.3. The van der Waals surface area contributed by atoms with Crippen LogP contribution in [-0.2, 0) is 25.5 Å².